The van der Waals surface area contributed by atoms with Gasteiger partial charge in [-0.25, -0.2) is 0 Å². The Hall–Kier alpha value is -0.770. The zero-order chi connectivity index (χ0) is 14.2. The van der Waals surface area contributed by atoms with Crippen molar-refractivity contribution in [1.29, 1.82) is 0 Å². The third kappa shape index (κ3) is 7.11. The van der Waals surface area contributed by atoms with Crippen LogP contribution in [0.4, 0.5) is 0 Å². The molecule has 116 valence electrons. The van der Waals surface area contributed by atoms with Crippen LogP contribution in [0.25, 0.3) is 21.5 Å². The van der Waals surface area contributed by atoms with Gasteiger partial charge in [-0.3, -0.25) is 0 Å². The predicted molar refractivity (Wildman–Crippen MR) is 90.3 cm³/mol. The molecule has 4 aromatic carbocycles. The first-order chi connectivity index (χ1) is 9.93. The number of halogens is 2. The molecule has 0 aliphatic heterocycles. The molecule has 0 amide bonds. The maximum Gasteiger partial charge on any atom is 4.00 e. The van der Waals surface area contributed by atoms with Gasteiger partial charge >= 0.3 is 25.8 Å². The Bertz CT molecular complexity index is 645. The van der Waals surface area contributed by atoms with Crippen molar-refractivity contribution in [1.82, 2.24) is 0 Å². The average Bonchev–Trinajstić information content (AvgIpc) is 3.18. The summed E-state index contributed by atoms with van der Waals surface area (Å²) in [5, 5.41) is 5.32. The molecule has 0 radical (unpaired) electrons. The van der Waals surface area contributed by atoms with E-state index in [4.69, 9.17) is 0 Å². The number of fused-ring (bicyclic) bond motifs is 2. The van der Waals surface area contributed by atoms with Crippen LogP contribution >= 0.6 is 0 Å². The van der Waals surface area contributed by atoms with Gasteiger partial charge in [0.25, 0.3) is 0 Å². The second-order valence-corrected chi connectivity index (χ2v) is 4.31. The van der Waals surface area contributed by atoms with Crippen molar-refractivity contribution < 1.29 is 59.8 Å². The summed E-state index contributed by atoms with van der Waals surface area (Å²) in [7, 11) is 0. The minimum atomic E-state index is 0. The molecule has 0 atom stereocenters. The minimum absolute atomic E-state index is 0. The molecule has 0 saturated carbocycles. The first-order valence-corrected chi connectivity index (χ1v) is 6.64. The van der Waals surface area contributed by atoms with Gasteiger partial charge in [0.15, 0.2) is 0 Å². The fraction of sp³-hybridized carbons (Fsp3) is 0. The SMILES string of the molecule is C=C.[Br-].[Br-].[Hf+4].c1ccc2[cH-]ccc2c1.c1ccc2[cH-]ccc2c1. The molecule has 0 N–H and O–H groups in total. The van der Waals surface area contributed by atoms with Crippen molar-refractivity contribution in [3.8, 4) is 0 Å². The van der Waals surface area contributed by atoms with Crippen LogP contribution in [-0.2, 0) is 25.8 Å². The summed E-state index contributed by atoms with van der Waals surface area (Å²) in [6.45, 7) is 6.00. The monoisotopic (exact) mass is 596 g/mol. The molecule has 0 saturated heterocycles. The topological polar surface area (TPSA) is 0 Å². The molecule has 0 spiro atoms. The van der Waals surface area contributed by atoms with Gasteiger partial charge in [-0.15, -0.1) is 72.5 Å². The van der Waals surface area contributed by atoms with E-state index in [0.29, 0.717) is 0 Å². The van der Waals surface area contributed by atoms with Crippen LogP contribution in [0.5, 0.6) is 0 Å². The molecule has 0 heterocycles. The largest absolute Gasteiger partial charge is 4.00 e. The van der Waals surface area contributed by atoms with Crippen molar-refractivity contribution in [2.24, 2.45) is 0 Å². The summed E-state index contributed by atoms with van der Waals surface area (Å²) in [6, 6.07) is 29.3. The normalized spacial score (nSPS) is 8.17. The Morgan fingerprint density at radius 1 is 0.565 bits per heavy atom. The first kappa shape index (κ1) is 24.5. The Balaban J connectivity index is 0. The van der Waals surface area contributed by atoms with Crippen LogP contribution in [0.2, 0.25) is 0 Å². The second-order valence-electron chi connectivity index (χ2n) is 4.31. The zero-order valence-corrected chi connectivity index (χ0v) is 19.5. The van der Waals surface area contributed by atoms with Crippen LogP contribution < -0.4 is 34.0 Å². The molecule has 4 rings (SSSR count). The van der Waals surface area contributed by atoms with Gasteiger partial charge in [0, 0.05) is 0 Å². The summed E-state index contributed by atoms with van der Waals surface area (Å²) in [6.07, 6.45) is 0. The third-order valence-electron chi connectivity index (χ3n) is 3.10. The summed E-state index contributed by atoms with van der Waals surface area (Å²) in [5.74, 6) is 0. The Kier molecular flexibility index (Phi) is 14.5. The molecule has 23 heavy (non-hydrogen) atoms. The van der Waals surface area contributed by atoms with E-state index in [9.17, 15) is 0 Å². The summed E-state index contributed by atoms with van der Waals surface area (Å²) >= 11 is 0. The van der Waals surface area contributed by atoms with Crippen molar-refractivity contribution in [3.63, 3.8) is 0 Å². The van der Waals surface area contributed by atoms with Crippen molar-refractivity contribution in [2.75, 3.05) is 0 Å². The van der Waals surface area contributed by atoms with Crippen LogP contribution in [0, 0.1) is 0 Å². The standard InChI is InChI=1S/2C9H7.C2H4.2BrH.Hf/c2*1-2-5-9-7-3-6-8(9)4-1;1-2;;;/h2*1-7H;1-2H2;2*1H;/q2*-1;;;;+4/p-2. The van der Waals surface area contributed by atoms with Gasteiger partial charge in [-0.2, -0.15) is 35.0 Å². The van der Waals surface area contributed by atoms with Gasteiger partial charge in [0.2, 0.25) is 0 Å². The molecule has 4 aromatic rings. The van der Waals surface area contributed by atoms with E-state index in [1.54, 1.807) is 0 Å². The third-order valence-corrected chi connectivity index (χ3v) is 3.10. The number of benzene rings is 2. The zero-order valence-electron chi connectivity index (χ0n) is 12.8. The van der Waals surface area contributed by atoms with Crippen molar-refractivity contribution in [2.45, 2.75) is 0 Å². The summed E-state index contributed by atoms with van der Waals surface area (Å²) in [5.41, 5.74) is 0. The Morgan fingerprint density at radius 2 is 0.913 bits per heavy atom. The minimum Gasteiger partial charge on any atom is -1.00 e. The molecule has 0 bridgehead atoms. The fourth-order valence-electron chi connectivity index (χ4n) is 2.14. The smallest absolute Gasteiger partial charge is 1.00 e. The molecule has 0 nitrogen and oxygen atoms in total. The summed E-state index contributed by atoms with van der Waals surface area (Å²) < 4.78 is 0. The summed E-state index contributed by atoms with van der Waals surface area (Å²) in [4.78, 5) is 0. The van der Waals surface area contributed by atoms with Gasteiger partial charge in [-0.1, -0.05) is 12.1 Å². The quantitative estimate of drug-likeness (QED) is 0.152. The molecule has 0 aromatic heterocycles. The molecule has 0 aliphatic carbocycles. The molecular weight excluding hydrogens is 579 g/mol. The van der Waals surface area contributed by atoms with E-state index in [1.165, 1.54) is 21.5 Å². The second kappa shape index (κ2) is 13.6. The van der Waals surface area contributed by atoms with Crippen molar-refractivity contribution in [3.05, 3.63) is 98.1 Å². The van der Waals surface area contributed by atoms with E-state index in [0.717, 1.165) is 0 Å². The number of rotatable bonds is 0. The Labute approximate surface area is 178 Å². The van der Waals surface area contributed by atoms with Crippen LogP contribution in [-0.4, -0.2) is 0 Å². The van der Waals surface area contributed by atoms with Gasteiger partial charge in [0.05, 0.1) is 0 Å². The predicted octanol–water partition coefficient (Wildman–Crippen LogP) is -0.0749. The molecule has 0 aliphatic rings. The van der Waals surface area contributed by atoms with Crippen LogP contribution in [0.15, 0.2) is 98.1 Å². The first-order valence-electron chi connectivity index (χ1n) is 6.64. The van der Waals surface area contributed by atoms with Gasteiger partial charge < -0.3 is 34.0 Å². The fourth-order valence-corrected chi connectivity index (χ4v) is 2.14. The number of hydrogen-bond donors (Lipinski definition) is 0. The van der Waals surface area contributed by atoms with E-state index >= 15 is 0 Å². The number of hydrogen-bond acceptors (Lipinski definition) is 0. The van der Waals surface area contributed by atoms with Crippen molar-refractivity contribution >= 4 is 21.5 Å². The van der Waals surface area contributed by atoms with Gasteiger partial charge in [-0.05, 0) is 0 Å². The average molecular weight is 597 g/mol. The maximum atomic E-state index is 3.00. The van der Waals surface area contributed by atoms with E-state index < -0.39 is 0 Å². The molecule has 3 heteroatoms. The van der Waals surface area contributed by atoms with E-state index in [-0.39, 0.29) is 59.8 Å². The van der Waals surface area contributed by atoms with E-state index in [2.05, 4.69) is 98.1 Å². The van der Waals surface area contributed by atoms with Crippen LogP contribution in [0.3, 0.4) is 0 Å². The van der Waals surface area contributed by atoms with Gasteiger partial charge in [0.1, 0.15) is 0 Å². The molecular formula is C20H18Br2Hf. The Morgan fingerprint density at radius 3 is 1.26 bits per heavy atom. The maximum absolute atomic E-state index is 3.00. The molecule has 0 unspecified atom stereocenters. The van der Waals surface area contributed by atoms with Crippen LogP contribution in [0.1, 0.15) is 0 Å². The van der Waals surface area contributed by atoms with E-state index in [1.807, 2.05) is 0 Å². The molecule has 0 fully saturated rings.